The second-order valence-electron chi connectivity index (χ2n) is 4.66. The summed E-state index contributed by atoms with van der Waals surface area (Å²) in [5, 5.41) is 0.524. The van der Waals surface area contributed by atoms with Crippen molar-refractivity contribution in [3.8, 4) is 0 Å². The summed E-state index contributed by atoms with van der Waals surface area (Å²) in [5.74, 6) is 0. The maximum Gasteiger partial charge on any atom is 0.240 e. The predicted molar refractivity (Wildman–Crippen MR) is 85.8 cm³/mol. The molecular weight excluding hydrogens is 335 g/mol. The largest absolute Gasteiger partial charge is 0.379 e. The molecule has 0 spiro atoms. The number of hydrogen-bond acceptors (Lipinski definition) is 4. The monoisotopic (exact) mass is 354 g/mol. The van der Waals surface area contributed by atoms with Gasteiger partial charge in [-0.1, -0.05) is 11.6 Å². The van der Waals surface area contributed by atoms with Crippen LogP contribution in [-0.2, 0) is 14.8 Å². The summed E-state index contributed by atoms with van der Waals surface area (Å²) >= 11 is 5.74. The zero-order chi connectivity index (χ0) is 14.4. The lowest BCUT2D eigenvalue weighted by Gasteiger charge is -2.26. The minimum Gasteiger partial charge on any atom is -0.379 e. The van der Waals surface area contributed by atoms with E-state index < -0.39 is 10.0 Å². The number of rotatable bonds is 6. The summed E-state index contributed by atoms with van der Waals surface area (Å²) in [6.07, 6.45) is 0.785. The minimum atomic E-state index is -3.43. The van der Waals surface area contributed by atoms with E-state index in [2.05, 4.69) is 9.62 Å². The molecule has 0 bridgehead atoms. The number of sulfonamides is 1. The van der Waals surface area contributed by atoms with Gasteiger partial charge in [-0.25, -0.2) is 13.1 Å². The molecule has 0 atom stereocenters. The standard InChI is InChI=1S/C13H19ClN2O3S.ClH/c14-12-2-4-13(5-3-12)20(17,18)15-6-1-7-16-8-10-19-11-9-16;/h2-5,15H,1,6-11H2;1H. The molecule has 5 nitrogen and oxygen atoms in total. The number of benzene rings is 1. The van der Waals surface area contributed by atoms with Gasteiger partial charge >= 0.3 is 0 Å². The van der Waals surface area contributed by atoms with Gasteiger partial charge < -0.3 is 4.74 Å². The first-order valence-electron chi connectivity index (χ1n) is 6.63. The third-order valence-corrected chi connectivity index (χ3v) is 4.90. The summed E-state index contributed by atoms with van der Waals surface area (Å²) in [7, 11) is -3.43. The van der Waals surface area contributed by atoms with E-state index in [-0.39, 0.29) is 17.3 Å². The highest BCUT2D eigenvalue weighted by Gasteiger charge is 2.14. The molecule has 1 aliphatic heterocycles. The Kier molecular flexibility index (Phi) is 7.94. The van der Waals surface area contributed by atoms with Crippen LogP contribution in [0.5, 0.6) is 0 Å². The Morgan fingerprint density at radius 3 is 2.43 bits per heavy atom. The van der Waals surface area contributed by atoms with Crippen LogP contribution in [0.25, 0.3) is 0 Å². The Morgan fingerprint density at radius 2 is 1.81 bits per heavy atom. The summed E-state index contributed by atoms with van der Waals surface area (Å²) in [6, 6.07) is 6.16. The van der Waals surface area contributed by atoms with Crippen LogP contribution in [0, 0.1) is 0 Å². The molecule has 1 fully saturated rings. The SMILES string of the molecule is Cl.O=S(=O)(NCCCN1CCOCC1)c1ccc(Cl)cc1. The summed E-state index contributed by atoms with van der Waals surface area (Å²) in [6.45, 7) is 4.68. The van der Waals surface area contributed by atoms with Crippen molar-refractivity contribution in [1.82, 2.24) is 9.62 Å². The van der Waals surface area contributed by atoms with Crippen molar-refractivity contribution in [1.29, 1.82) is 0 Å². The highest BCUT2D eigenvalue weighted by atomic mass is 35.5. The lowest BCUT2D eigenvalue weighted by atomic mass is 10.3. The van der Waals surface area contributed by atoms with Gasteiger partial charge in [-0.2, -0.15) is 0 Å². The molecule has 1 aliphatic rings. The average Bonchev–Trinajstić information content (AvgIpc) is 2.45. The molecule has 0 saturated carbocycles. The molecule has 21 heavy (non-hydrogen) atoms. The van der Waals surface area contributed by atoms with E-state index in [9.17, 15) is 8.42 Å². The van der Waals surface area contributed by atoms with Crippen LogP contribution in [0.1, 0.15) is 6.42 Å². The number of hydrogen-bond donors (Lipinski definition) is 1. The summed E-state index contributed by atoms with van der Waals surface area (Å²) < 4.78 is 31.9. The molecule has 1 aromatic rings. The van der Waals surface area contributed by atoms with Gasteiger partial charge in [0.2, 0.25) is 10.0 Å². The van der Waals surface area contributed by atoms with E-state index in [1.807, 2.05) is 0 Å². The molecule has 2 rings (SSSR count). The van der Waals surface area contributed by atoms with E-state index in [1.165, 1.54) is 12.1 Å². The van der Waals surface area contributed by atoms with E-state index in [0.717, 1.165) is 39.3 Å². The highest BCUT2D eigenvalue weighted by Crippen LogP contribution is 2.13. The fourth-order valence-electron chi connectivity index (χ4n) is 2.03. The van der Waals surface area contributed by atoms with Crippen LogP contribution in [0.4, 0.5) is 0 Å². The van der Waals surface area contributed by atoms with Crippen molar-refractivity contribution in [3.05, 3.63) is 29.3 Å². The first-order valence-corrected chi connectivity index (χ1v) is 8.49. The molecule has 0 aromatic heterocycles. The fourth-order valence-corrected chi connectivity index (χ4v) is 3.23. The fraction of sp³-hybridized carbons (Fsp3) is 0.538. The van der Waals surface area contributed by atoms with Crippen molar-refractivity contribution in [2.75, 3.05) is 39.4 Å². The maximum atomic E-state index is 12.0. The van der Waals surface area contributed by atoms with Gasteiger partial charge in [-0.3, -0.25) is 4.90 Å². The van der Waals surface area contributed by atoms with Crippen LogP contribution in [0.2, 0.25) is 5.02 Å². The zero-order valence-corrected chi connectivity index (χ0v) is 14.0. The lowest BCUT2D eigenvalue weighted by molar-refractivity contribution is 0.0376. The van der Waals surface area contributed by atoms with Gasteiger partial charge in [0.15, 0.2) is 0 Å². The summed E-state index contributed by atoms with van der Waals surface area (Å²) in [4.78, 5) is 2.52. The molecule has 1 N–H and O–H groups in total. The van der Waals surface area contributed by atoms with Crippen LogP contribution in [-0.4, -0.2) is 52.7 Å². The topological polar surface area (TPSA) is 58.6 Å². The molecule has 1 aromatic carbocycles. The average molecular weight is 355 g/mol. The van der Waals surface area contributed by atoms with E-state index >= 15 is 0 Å². The van der Waals surface area contributed by atoms with Gasteiger partial charge in [0.05, 0.1) is 18.1 Å². The molecule has 1 saturated heterocycles. The second kappa shape index (κ2) is 8.92. The summed E-state index contributed by atoms with van der Waals surface area (Å²) in [5.41, 5.74) is 0. The van der Waals surface area contributed by atoms with Gasteiger partial charge in [-0.05, 0) is 37.2 Å². The van der Waals surface area contributed by atoms with Gasteiger partial charge in [-0.15, -0.1) is 12.4 Å². The first-order chi connectivity index (χ1) is 9.58. The second-order valence-corrected chi connectivity index (χ2v) is 6.86. The molecule has 1 heterocycles. The molecule has 0 aliphatic carbocycles. The van der Waals surface area contributed by atoms with Gasteiger partial charge in [0.1, 0.15) is 0 Å². The molecule has 8 heteroatoms. The van der Waals surface area contributed by atoms with Gasteiger partial charge in [0, 0.05) is 24.7 Å². The molecule has 0 amide bonds. The van der Waals surface area contributed by atoms with Gasteiger partial charge in [0.25, 0.3) is 0 Å². The van der Waals surface area contributed by atoms with E-state index in [1.54, 1.807) is 12.1 Å². The Balaban J connectivity index is 0.00000220. The minimum absolute atomic E-state index is 0. The van der Waals surface area contributed by atoms with Crippen molar-refractivity contribution in [2.45, 2.75) is 11.3 Å². The Labute approximate surface area is 137 Å². The van der Waals surface area contributed by atoms with E-state index in [4.69, 9.17) is 16.3 Å². The quantitative estimate of drug-likeness (QED) is 0.790. The van der Waals surface area contributed by atoms with Crippen LogP contribution < -0.4 is 4.72 Å². The van der Waals surface area contributed by atoms with Crippen molar-refractivity contribution in [2.24, 2.45) is 0 Å². The Bertz CT molecular complexity index is 517. The lowest BCUT2D eigenvalue weighted by Crippen LogP contribution is -2.38. The maximum absolute atomic E-state index is 12.0. The normalized spacial score (nSPS) is 16.4. The van der Waals surface area contributed by atoms with Crippen LogP contribution >= 0.6 is 24.0 Å². The molecule has 0 unspecified atom stereocenters. The zero-order valence-electron chi connectivity index (χ0n) is 11.6. The van der Waals surface area contributed by atoms with Crippen LogP contribution in [0.15, 0.2) is 29.2 Å². The Hall–Kier alpha value is -0.370. The molecule has 120 valence electrons. The van der Waals surface area contributed by atoms with Crippen molar-refractivity contribution < 1.29 is 13.2 Å². The van der Waals surface area contributed by atoms with Crippen molar-refractivity contribution in [3.63, 3.8) is 0 Å². The van der Waals surface area contributed by atoms with Crippen LogP contribution in [0.3, 0.4) is 0 Å². The smallest absolute Gasteiger partial charge is 0.240 e. The number of nitrogens with zero attached hydrogens (tertiary/aromatic N) is 1. The Morgan fingerprint density at radius 1 is 1.19 bits per heavy atom. The molecule has 0 radical (unpaired) electrons. The number of halogens is 2. The third kappa shape index (κ3) is 6.10. The van der Waals surface area contributed by atoms with E-state index in [0.29, 0.717) is 11.6 Å². The highest BCUT2D eigenvalue weighted by molar-refractivity contribution is 7.89. The predicted octanol–water partition coefficient (Wildman–Crippen LogP) is 1.76. The van der Waals surface area contributed by atoms with Crippen molar-refractivity contribution >= 4 is 34.0 Å². The number of ether oxygens (including phenoxy) is 1. The number of nitrogens with one attached hydrogen (secondary N) is 1. The third-order valence-electron chi connectivity index (χ3n) is 3.17. The molecular formula is C13H20Cl2N2O3S. The number of morpholine rings is 1. The first kappa shape index (κ1) is 18.7.